The van der Waals surface area contributed by atoms with Gasteiger partial charge in [-0.3, -0.25) is 0 Å². The first-order valence-corrected chi connectivity index (χ1v) is 31.8. The zero-order chi connectivity index (χ0) is 57.3. The van der Waals surface area contributed by atoms with Gasteiger partial charge in [0.25, 0.3) is 0 Å². The Labute approximate surface area is 505 Å². The second-order valence-electron chi connectivity index (χ2n) is 25.0. The van der Waals surface area contributed by atoms with Crippen molar-refractivity contribution in [2.24, 2.45) is 0 Å². The monoisotopic (exact) mass is 1120 g/mol. The zero-order valence-corrected chi connectivity index (χ0v) is 48.7. The van der Waals surface area contributed by atoms with E-state index in [1.807, 2.05) is 0 Å². The number of nitriles is 1. The average molecular weight is 1120 g/mol. The molecule has 4 aromatic heterocycles. The minimum absolute atomic E-state index is 0.192. The van der Waals surface area contributed by atoms with Gasteiger partial charge in [0.1, 0.15) is 0 Å². The van der Waals surface area contributed by atoms with E-state index in [0.29, 0.717) is 11.6 Å². The molecule has 3 fully saturated rings. The van der Waals surface area contributed by atoms with Crippen molar-refractivity contribution in [1.82, 2.24) is 23.6 Å². The van der Waals surface area contributed by atoms with Crippen LogP contribution in [0, 0.1) is 11.3 Å². The highest BCUT2D eigenvalue weighted by atomic mass is 15.1. The van der Waals surface area contributed by atoms with Gasteiger partial charge in [-0.15, -0.1) is 0 Å². The molecule has 2 saturated carbocycles. The summed E-state index contributed by atoms with van der Waals surface area (Å²) in [4.78, 5) is 0. The molecule has 1 saturated heterocycles. The molecule has 18 rings (SSSR count). The summed E-state index contributed by atoms with van der Waals surface area (Å²) >= 11 is 0. The number of nitrogens with zero attached hydrogens (tertiary/aromatic N) is 5. The number of fused-ring (bicyclic) bond motifs is 14. The van der Waals surface area contributed by atoms with E-state index in [4.69, 9.17) is 0 Å². The molecule has 418 valence electrons. The van der Waals surface area contributed by atoms with Crippen molar-refractivity contribution >= 4 is 87.2 Å². The number of rotatable bonds is 9. The molecule has 2 aliphatic carbocycles. The fourth-order valence-electron chi connectivity index (χ4n) is 16.5. The highest BCUT2D eigenvalue weighted by Crippen LogP contribution is 2.57. The van der Waals surface area contributed by atoms with Gasteiger partial charge in [-0.1, -0.05) is 196 Å². The summed E-state index contributed by atoms with van der Waals surface area (Å²) in [6.45, 7) is 1.01. The molecule has 3 aliphatic rings. The SMILES string of the molecule is N#Cc1ccc(-c2c(C3CCCCC3)c(-c3ccc(C4CN4)cc3)c(-n3c4ccccc4c4ccc5c(c6ccccc6n5-c5ccccc5)c43)c(C3CCCCC3)c2-n2c3ccccc3c3ccc4c(c5ccccc5n4-c4ccccc4)c32)cc1. The summed E-state index contributed by atoms with van der Waals surface area (Å²) in [7, 11) is 0. The van der Waals surface area contributed by atoms with Crippen molar-refractivity contribution in [1.29, 1.82) is 5.26 Å². The van der Waals surface area contributed by atoms with Gasteiger partial charge in [-0.05, 0) is 133 Å². The second-order valence-corrected chi connectivity index (χ2v) is 25.0. The summed E-state index contributed by atoms with van der Waals surface area (Å²) in [5.74, 6) is 0.431. The molecule has 87 heavy (non-hydrogen) atoms. The van der Waals surface area contributed by atoms with Crippen LogP contribution in [0.5, 0.6) is 0 Å². The average Bonchev–Trinajstić information content (AvgIpc) is 1.94. The Hall–Kier alpha value is -9.93. The lowest BCUT2D eigenvalue weighted by Crippen LogP contribution is -2.19. The van der Waals surface area contributed by atoms with Crippen LogP contribution in [0.25, 0.3) is 132 Å². The first kappa shape index (κ1) is 50.4. The normalized spacial score (nSPS) is 16.0. The molecule has 0 spiro atoms. The van der Waals surface area contributed by atoms with E-state index >= 15 is 0 Å². The Balaban J connectivity index is 1.13. The molecule has 6 heteroatoms. The van der Waals surface area contributed by atoms with Gasteiger partial charge in [-0.2, -0.15) is 5.26 Å². The first-order valence-electron chi connectivity index (χ1n) is 31.8. The fourth-order valence-corrected chi connectivity index (χ4v) is 16.5. The number of nitrogens with one attached hydrogen (secondary N) is 1. The molecule has 1 N–H and O–H groups in total. The first-order chi connectivity index (χ1) is 43.2. The Morgan fingerprint density at radius 1 is 0.345 bits per heavy atom. The van der Waals surface area contributed by atoms with E-state index in [0.717, 1.165) is 62.0 Å². The van der Waals surface area contributed by atoms with E-state index in [1.165, 1.54) is 158 Å². The van der Waals surface area contributed by atoms with Gasteiger partial charge in [0.15, 0.2) is 0 Å². The molecule has 1 atom stereocenters. The van der Waals surface area contributed by atoms with Crippen LogP contribution in [0.2, 0.25) is 0 Å². The van der Waals surface area contributed by atoms with Crippen LogP contribution in [0.15, 0.2) is 231 Å². The summed E-state index contributed by atoms with van der Waals surface area (Å²) in [5, 5.41) is 24.2. The number of hydrogen-bond acceptors (Lipinski definition) is 2. The third kappa shape index (κ3) is 7.68. The van der Waals surface area contributed by atoms with Crippen molar-refractivity contribution in [3.05, 3.63) is 253 Å². The van der Waals surface area contributed by atoms with Crippen LogP contribution in [-0.2, 0) is 0 Å². The molecule has 15 aromatic rings. The summed E-state index contributed by atoms with van der Waals surface area (Å²) in [5.41, 5.74) is 24.5. The van der Waals surface area contributed by atoms with Crippen LogP contribution < -0.4 is 5.32 Å². The number of para-hydroxylation sites is 6. The standard InChI is InChI=1S/C81H64N6/c82-49-51-37-39-55(40-38-51)73-72(53-21-5-1-6-22-53)74(56-43-41-52(42-44-56)65-50-83-65)81(87-67-34-18-14-30-60(67)62-46-48-71-77(79(62)87)64-32-16-20-36-69(64)85(71)58-27-11-4-12-28-58)75(54-23-7-2-8-24-54)80(73)86-66-33-17-13-29-59(66)61-45-47-70-76(78(61)86)63-31-15-19-35-68(63)84(70)57-25-9-3-10-26-57/h3-4,9-20,25-48,53-54,65,83H,1-2,5-8,21-24,50H2. The van der Waals surface area contributed by atoms with Crippen LogP contribution in [0.4, 0.5) is 0 Å². The van der Waals surface area contributed by atoms with E-state index < -0.39 is 0 Å². The van der Waals surface area contributed by atoms with Crippen molar-refractivity contribution in [3.63, 3.8) is 0 Å². The van der Waals surface area contributed by atoms with Crippen LogP contribution in [-0.4, -0.2) is 24.8 Å². The van der Waals surface area contributed by atoms with Crippen LogP contribution >= 0.6 is 0 Å². The molecule has 1 unspecified atom stereocenters. The van der Waals surface area contributed by atoms with E-state index in [-0.39, 0.29) is 11.8 Å². The van der Waals surface area contributed by atoms with Crippen molar-refractivity contribution in [2.75, 3.05) is 6.54 Å². The molecular formula is C81H64N6. The smallest absolute Gasteiger partial charge is 0.0991 e. The van der Waals surface area contributed by atoms with E-state index in [2.05, 4.69) is 260 Å². The van der Waals surface area contributed by atoms with Crippen molar-refractivity contribution in [3.8, 4) is 51.1 Å². The molecular weight excluding hydrogens is 1060 g/mol. The summed E-state index contributed by atoms with van der Waals surface area (Å²) in [6, 6.07) is 90.0. The molecule has 0 amide bonds. The van der Waals surface area contributed by atoms with Crippen molar-refractivity contribution in [2.45, 2.75) is 82.1 Å². The van der Waals surface area contributed by atoms with Gasteiger partial charge in [-0.25, -0.2) is 0 Å². The number of benzene rings is 11. The van der Waals surface area contributed by atoms with Crippen LogP contribution in [0.1, 0.15) is 104 Å². The Morgan fingerprint density at radius 3 is 1.17 bits per heavy atom. The topological polar surface area (TPSA) is 65.5 Å². The van der Waals surface area contributed by atoms with Gasteiger partial charge < -0.3 is 23.6 Å². The lowest BCUT2D eigenvalue weighted by atomic mass is 9.72. The molecule has 6 nitrogen and oxygen atoms in total. The van der Waals surface area contributed by atoms with Crippen LogP contribution in [0.3, 0.4) is 0 Å². The largest absolute Gasteiger partial charge is 0.309 e. The third-order valence-electron chi connectivity index (χ3n) is 20.3. The lowest BCUT2D eigenvalue weighted by molar-refractivity contribution is 0.439. The number of hydrogen-bond donors (Lipinski definition) is 1. The summed E-state index contributed by atoms with van der Waals surface area (Å²) in [6.07, 6.45) is 11.4. The van der Waals surface area contributed by atoms with Gasteiger partial charge in [0, 0.05) is 83.7 Å². The maximum Gasteiger partial charge on any atom is 0.0991 e. The lowest BCUT2D eigenvalue weighted by Gasteiger charge is -2.37. The van der Waals surface area contributed by atoms with Gasteiger partial charge >= 0.3 is 0 Å². The maximum absolute atomic E-state index is 10.6. The molecule has 0 radical (unpaired) electrons. The molecule has 0 bridgehead atoms. The minimum Gasteiger partial charge on any atom is -0.309 e. The molecule has 1 aliphatic heterocycles. The highest BCUT2D eigenvalue weighted by Gasteiger charge is 2.38. The quantitative estimate of drug-likeness (QED) is 0.146. The van der Waals surface area contributed by atoms with Gasteiger partial charge in [0.2, 0.25) is 0 Å². The fraction of sp³-hybridized carbons (Fsp3) is 0.173. The van der Waals surface area contributed by atoms with Crippen molar-refractivity contribution < 1.29 is 0 Å². The molecule has 5 heterocycles. The zero-order valence-electron chi connectivity index (χ0n) is 48.7. The minimum atomic E-state index is 0.192. The molecule has 11 aromatic carbocycles. The Kier molecular flexibility index (Phi) is 11.6. The maximum atomic E-state index is 10.6. The summed E-state index contributed by atoms with van der Waals surface area (Å²) < 4.78 is 10.6. The highest BCUT2D eigenvalue weighted by molar-refractivity contribution is 6.28. The van der Waals surface area contributed by atoms with E-state index in [1.54, 1.807) is 0 Å². The third-order valence-corrected chi connectivity index (χ3v) is 20.3. The Morgan fingerprint density at radius 2 is 0.736 bits per heavy atom. The predicted octanol–water partition coefficient (Wildman–Crippen LogP) is 21.0. The van der Waals surface area contributed by atoms with Gasteiger partial charge in [0.05, 0.1) is 67.1 Å². The van der Waals surface area contributed by atoms with E-state index in [9.17, 15) is 5.26 Å². The number of aromatic nitrogens is 4. The second kappa shape index (κ2) is 20.1. The predicted molar refractivity (Wildman–Crippen MR) is 362 cm³/mol. The Bertz CT molecular complexity index is 5280.